The number of benzene rings is 1. The van der Waals surface area contributed by atoms with Gasteiger partial charge >= 0.3 is 0 Å². The zero-order chi connectivity index (χ0) is 11.1. The van der Waals surface area contributed by atoms with Gasteiger partial charge in [0, 0.05) is 18.4 Å². The van der Waals surface area contributed by atoms with Crippen molar-refractivity contribution in [1.29, 1.82) is 0 Å². The van der Waals surface area contributed by atoms with Crippen LogP contribution in [0.15, 0.2) is 24.3 Å². The van der Waals surface area contributed by atoms with Gasteiger partial charge in [0.1, 0.15) is 0 Å². The Bertz CT molecular complexity index is 423. The highest BCUT2D eigenvalue weighted by atomic mass is 19.3. The molecule has 0 saturated heterocycles. The predicted octanol–water partition coefficient (Wildman–Crippen LogP) is 2.25. The average Bonchev–Trinajstić information content (AvgIpc) is 2.14. The van der Waals surface area contributed by atoms with Crippen molar-refractivity contribution in [3.63, 3.8) is 0 Å². The Balaban J connectivity index is 2.36. The van der Waals surface area contributed by atoms with E-state index in [1.807, 2.05) is 0 Å². The van der Waals surface area contributed by atoms with Crippen LogP contribution in [0.4, 0.5) is 8.78 Å². The van der Waals surface area contributed by atoms with E-state index >= 15 is 0 Å². The fraction of sp³-hybridized carbons (Fsp3) is 0.333. The van der Waals surface area contributed by atoms with E-state index in [0.717, 1.165) is 0 Å². The summed E-state index contributed by atoms with van der Waals surface area (Å²) in [4.78, 5) is 0. The van der Waals surface area contributed by atoms with Crippen LogP contribution in [0, 0.1) is 12.3 Å². The molecule has 0 amide bonds. The molecule has 2 N–H and O–H groups in total. The fourth-order valence-electron chi connectivity index (χ4n) is 2.10. The molecule has 15 heavy (non-hydrogen) atoms. The van der Waals surface area contributed by atoms with Crippen LogP contribution in [0.5, 0.6) is 0 Å². The van der Waals surface area contributed by atoms with E-state index in [2.05, 4.69) is 5.92 Å². The Hall–Kier alpha value is -1.40. The van der Waals surface area contributed by atoms with Crippen molar-refractivity contribution in [3.05, 3.63) is 35.4 Å². The topological polar surface area (TPSA) is 26.0 Å². The minimum absolute atomic E-state index is 0.321. The van der Waals surface area contributed by atoms with Crippen molar-refractivity contribution in [1.82, 2.24) is 0 Å². The summed E-state index contributed by atoms with van der Waals surface area (Å²) in [6.45, 7) is 0. The molecule has 0 unspecified atom stereocenters. The molecular formula is C12H11F2N. The smallest absolute Gasteiger partial charge is 0.252 e. The van der Waals surface area contributed by atoms with Crippen LogP contribution in [0.1, 0.15) is 24.0 Å². The van der Waals surface area contributed by atoms with Gasteiger partial charge in [0.25, 0.3) is 5.92 Å². The third-order valence-electron chi connectivity index (χ3n) is 2.77. The van der Waals surface area contributed by atoms with Crippen molar-refractivity contribution in [3.8, 4) is 12.3 Å². The molecule has 1 saturated carbocycles. The van der Waals surface area contributed by atoms with Crippen LogP contribution >= 0.6 is 0 Å². The summed E-state index contributed by atoms with van der Waals surface area (Å²) in [5.74, 6) is -0.170. The number of hydrogen-bond acceptors (Lipinski definition) is 1. The first-order valence-corrected chi connectivity index (χ1v) is 4.70. The Morgan fingerprint density at radius 3 is 2.40 bits per heavy atom. The van der Waals surface area contributed by atoms with Gasteiger partial charge in [-0.05, 0) is 11.6 Å². The lowest BCUT2D eigenvalue weighted by molar-refractivity contribution is -0.125. The lowest BCUT2D eigenvalue weighted by Gasteiger charge is -2.45. The largest absolute Gasteiger partial charge is 0.321 e. The average molecular weight is 207 g/mol. The molecule has 1 fully saturated rings. The standard InChI is InChI=1S/C12H11F2N/c1-2-9-5-3-4-6-10(9)11(15)7-12(13,14)8-11/h1,3-6H,7-8,15H2. The number of rotatable bonds is 1. The van der Waals surface area contributed by atoms with Crippen LogP contribution in [0.3, 0.4) is 0 Å². The summed E-state index contributed by atoms with van der Waals surface area (Å²) in [6, 6.07) is 6.99. The summed E-state index contributed by atoms with van der Waals surface area (Å²) in [7, 11) is 0. The van der Waals surface area contributed by atoms with E-state index in [0.29, 0.717) is 11.1 Å². The Kier molecular flexibility index (Phi) is 2.06. The lowest BCUT2D eigenvalue weighted by atomic mass is 9.68. The lowest BCUT2D eigenvalue weighted by Crippen LogP contribution is -2.55. The molecule has 1 aromatic rings. The third kappa shape index (κ3) is 1.62. The molecule has 0 bridgehead atoms. The predicted molar refractivity (Wildman–Crippen MR) is 54.4 cm³/mol. The first-order valence-electron chi connectivity index (χ1n) is 4.70. The monoisotopic (exact) mass is 207 g/mol. The van der Waals surface area contributed by atoms with E-state index in [4.69, 9.17) is 12.2 Å². The van der Waals surface area contributed by atoms with E-state index in [1.165, 1.54) is 0 Å². The maximum atomic E-state index is 12.8. The highest BCUT2D eigenvalue weighted by Gasteiger charge is 2.55. The van der Waals surface area contributed by atoms with Gasteiger partial charge < -0.3 is 5.73 Å². The molecule has 0 aliphatic heterocycles. The SMILES string of the molecule is C#Cc1ccccc1C1(N)CC(F)(F)C1. The number of hydrogen-bond donors (Lipinski definition) is 1. The maximum Gasteiger partial charge on any atom is 0.252 e. The molecule has 0 spiro atoms. The number of alkyl halides is 2. The van der Waals surface area contributed by atoms with E-state index in [1.54, 1.807) is 24.3 Å². The molecule has 1 aliphatic carbocycles. The van der Waals surface area contributed by atoms with Crippen LogP contribution in [0.2, 0.25) is 0 Å². The summed E-state index contributed by atoms with van der Waals surface area (Å²) in [5.41, 5.74) is 6.21. The first kappa shape index (κ1) is 10.1. The normalized spacial score (nSPS) is 21.5. The van der Waals surface area contributed by atoms with Gasteiger partial charge in [-0.1, -0.05) is 24.1 Å². The van der Waals surface area contributed by atoms with Crippen molar-refractivity contribution in [2.75, 3.05) is 0 Å². The molecule has 1 aromatic carbocycles. The molecule has 78 valence electrons. The van der Waals surface area contributed by atoms with Crippen LogP contribution < -0.4 is 5.73 Å². The van der Waals surface area contributed by atoms with Crippen molar-refractivity contribution in [2.24, 2.45) is 5.73 Å². The van der Waals surface area contributed by atoms with Crippen molar-refractivity contribution < 1.29 is 8.78 Å². The molecule has 3 heteroatoms. The van der Waals surface area contributed by atoms with E-state index < -0.39 is 11.5 Å². The van der Waals surface area contributed by atoms with Gasteiger partial charge in [-0.2, -0.15) is 0 Å². The minimum Gasteiger partial charge on any atom is -0.321 e. The van der Waals surface area contributed by atoms with Crippen molar-refractivity contribution in [2.45, 2.75) is 24.3 Å². The summed E-state index contributed by atoms with van der Waals surface area (Å²) >= 11 is 0. The van der Waals surface area contributed by atoms with E-state index in [9.17, 15) is 8.78 Å². The highest BCUT2D eigenvalue weighted by Crippen LogP contribution is 2.50. The fourth-order valence-corrected chi connectivity index (χ4v) is 2.10. The number of halogens is 2. The summed E-state index contributed by atoms with van der Waals surface area (Å²) in [5, 5.41) is 0. The maximum absolute atomic E-state index is 12.8. The van der Waals surface area contributed by atoms with Crippen LogP contribution in [-0.2, 0) is 5.54 Å². The first-order chi connectivity index (χ1) is 6.97. The van der Waals surface area contributed by atoms with Gasteiger partial charge in [0.2, 0.25) is 0 Å². The van der Waals surface area contributed by atoms with E-state index in [-0.39, 0.29) is 12.8 Å². The van der Waals surface area contributed by atoms with Crippen LogP contribution in [-0.4, -0.2) is 5.92 Å². The molecular weight excluding hydrogens is 196 g/mol. The zero-order valence-corrected chi connectivity index (χ0v) is 8.13. The van der Waals surface area contributed by atoms with Gasteiger partial charge in [0.15, 0.2) is 0 Å². The molecule has 0 radical (unpaired) electrons. The molecule has 1 aliphatic rings. The van der Waals surface area contributed by atoms with Gasteiger partial charge in [0.05, 0.1) is 5.54 Å². The molecule has 0 heterocycles. The molecule has 0 atom stereocenters. The molecule has 1 nitrogen and oxygen atoms in total. The Labute approximate surface area is 87.3 Å². The Morgan fingerprint density at radius 2 is 1.87 bits per heavy atom. The van der Waals surface area contributed by atoms with Crippen LogP contribution in [0.25, 0.3) is 0 Å². The third-order valence-corrected chi connectivity index (χ3v) is 2.77. The van der Waals surface area contributed by atoms with Gasteiger partial charge in [-0.3, -0.25) is 0 Å². The number of terminal acetylenes is 1. The molecule has 0 aromatic heterocycles. The van der Waals surface area contributed by atoms with Crippen molar-refractivity contribution >= 4 is 0 Å². The summed E-state index contributed by atoms with van der Waals surface area (Å²) < 4.78 is 25.6. The van der Waals surface area contributed by atoms with Gasteiger partial charge in [-0.15, -0.1) is 6.42 Å². The molecule has 2 rings (SSSR count). The summed E-state index contributed by atoms with van der Waals surface area (Å²) in [6.07, 6.45) is 4.66. The Morgan fingerprint density at radius 1 is 1.27 bits per heavy atom. The van der Waals surface area contributed by atoms with Gasteiger partial charge in [-0.25, -0.2) is 8.78 Å². The highest BCUT2D eigenvalue weighted by molar-refractivity contribution is 5.45. The number of nitrogens with two attached hydrogens (primary N) is 1. The minimum atomic E-state index is -2.64. The second kappa shape index (κ2) is 3.04. The second-order valence-electron chi connectivity index (χ2n) is 4.06. The quantitative estimate of drug-likeness (QED) is 0.702. The second-order valence-corrected chi connectivity index (χ2v) is 4.06. The zero-order valence-electron chi connectivity index (χ0n) is 8.13.